The summed E-state index contributed by atoms with van der Waals surface area (Å²) in [7, 11) is 0.151. The molecule has 5 aromatic rings. The number of alkyl halides is 5. The molecular weight excluding hydrogens is 1110 g/mol. The number of benzene rings is 5. The molecule has 0 amide bonds. The summed E-state index contributed by atoms with van der Waals surface area (Å²) in [6.45, 7) is 2.33. The van der Waals surface area contributed by atoms with Crippen molar-refractivity contribution in [3.8, 4) is 11.5 Å². The molecule has 0 heterocycles. The summed E-state index contributed by atoms with van der Waals surface area (Å²) in [4.78, 5) is 0. The molecule has 0 aliphatic carbocycles. The van der Waals surface area contributed by atoms with Gasteiger partial charge in [0.2, 0.25) is 0 Å². The normalized spacial score (nSPS) is 11.8. The van der Waals surface area contributed by atoms with Crippen molar-refractivity contribution in [1.82, 2.24) is 0 Å². The molecule has 0 radical (unpaired) electrons. The van der Waals surface area contributed by atoms with E-state index >= 15 is 0 Å². The summed E-state index contributed by atoms with van der Waals surface area (Å²) in [6, 6.07) is 43.0. The van der Waals surface area contributed by atoms with Crippen molar-refractivity contribution in [1.29, 1.82) is 1.28 Å². The van der Waals surface area contributed by atoms with Gasteiger partial charge in [0, 0.05) is 11.9 Å². The number of aliphatic hydroxyl groups excluding tert-OH is 1. The fourth-order valence-electron chi connectivity index (χ4n) is 5.01. The van der Waals surface area contributed by atoms with Crippen LogP contribution in [0, 0.1) is 0 Å². The van der Waals surface area contributed by atoms with E-state index in [1.807, 2.05) is 78.9 Å². The van der Waals surface area contributed by atoms with Crippen LogP contribution in [0.15, 0.2) is 136 Å². The minimum absolute atomic E-state index is 0.179. The molecule has 0 fully saturated rings. The first-order valence-electron chi connectivity index (χ1n) is 16.0. The molecular formula is C39H42Br7O3P. The van der Waals surface area contributed by atoms with Crippen molar-refractivity contribution < 1.29 is 14.6 Å². The van der Waals surface area contributed by atoms with Gasteiger partial charge in [-0.2, -0.15) is 0 Å². The van der Waals surface area contributed by atoms with Crippen molar-refractivity contribution in [2.24, 2.45) is 0 Å². The fourth-order valence-corrected chi connectivity index (χ4v) is 10.7. The second-order valence-electron chi connectivity index (χ2n) is 10.4. The maximum absolute atomic E-state index is 9.87. The first-order chi connectivity index (χ1) is 24.2. The van der Waals surface area contributed by atoms with Gasteiger partial charge in [0.25, 0.3) is 0 Å². The third-order valence-electron chi connectivity index (χ3n) is 7.28. The summed E-state index contributed by atoms with van der Waals surface area (Å²) < 4.78 is 21.8. The van der Waals surface area contributed by atoms with E-state index in [1.54, 1.807) is 14.2 Å². The summed E-state index contributed by atoms with van der Waals surface area (Å²) in [5.41, 5.74) is 2.41. The van der Waals surface area contributed by atoms with E-state index in [9.17, 15) is 1.28 Å². The van der Waals surface area contributed by atoms with Crippen molar-refractivity contribution in [3.05, 3.63) is 147 Å². The number of ether oxygens (including phenoxy) is 2. The number of aliphatic hydroxyl groups is 1. The number of rotatable bonds is 10. The van der Waals surface area contributed by atoms with Crippen LogP contribution in [0.2, 0.25) is 0 Å². The van der Waals surface area contributed by atoms with Gasteiger partial charge in [0.05, 0.1) is 23.2 Å². The molecule has 11 heteroatoms. The van der Waals surface area contributed by atoms with Crippen LogP contribution in [0.5, 0.6) is 11.5 Å². The molecule has 270 valence electrons. The van der Waals surface area contributed by atoms with Gasteiger partial charge >= 0.3 is 128 Å². The molecule has 5 rings (SSSR count). The van der Waals surface area contributed by atoms with Gasteiger partial charge in [-0.05, 0) is 144 Å². The van der Waals surface area contributed by atoms with E-state index in [4.69, 9.17) is 14.6 Å². The monoisotopic (exact) mass is 1140 g/mol. The quantitative estimate of drug-likeness (QED) is 0.112. The van der Waals surface area contributed by atoms with Gasteiger partial charge in [-0.15, -0.1) is 0 Å². The number of hydrogen-bond acceptors (Lipinski definition) is 3. The molecule has 0 aromatic heterocycles. The zero-order valence-electron chi connectivity index (χ0n) is 29.0. The Morgan fingerprint density at radius 2 is 0.960 bits per heavy atom. The van der Waals surface area contributed by atoms with Crippen LogP contribution in [-0.2, 0) is 12.8 Å². The van der Waals surface area contributed by atoms with E-state index < -0.39 is 7.21 Å². The third-order valence-corrected chi connectivity index (χ3v) is 13.4. The van der Waals surface area contributed by atoms with Gasteiger partial charge in [-0.3, -0.25) is 0 Å². The molecule has 0 aliphatic rings. The Kier molecular flexibility index (Phi) is 21.7. The van der Waals surface area contributed by atoms with E-state index in [0.717, 1.165) is 59.8 Å². The molecule has 0 unspecified atom stereocenters. The van der Waals surface area contributed by atoms with Crippen LogP contribution < -0.4 is 25.4 Å². The summed E-state index contributed by atoms with van der Waals surface area (Å²) >= 11 is 22.7. The second-order valence-corrected chi connectivity index (χ2v) is 27.9. The second kappa shape index (κ2) is 24.7. The molecule has 1 N–H and O–H groups in total. The van der Waals surface area contributed by atoms with Crippen LogP contribution in [0.25, 0.3) is 0 Å². The topological polar surface area (TPSA) is 38.7 Å². The van der Waals surface area contributed by atoms with Crippen molar-refractivity contribution >= 4 is 135 Å². The number of halogens is 7. The number of aryl methyl sites for hydroxylation is 1. The van der Waals surface area contributed by atoms with Gasteiger partial charge < -0.3 is 14.6 Å². The molecule has 3 nitrogen and oxygen atoms in total. The molecule has 0 bridgehead atoms. The molecule has 0 atom stereocenters. The Morgan fingerprint density at radius 1 is 0.620 bits per heavy atom. The Labute approximate surface area is 358 Å². The number of hydrogen-bond donors (Lipinski definition) is 1. The first kappa shape index (κ1) is 43.9. The van der Waals surface area contributed by atoms with Gasteiger partial charge in [0.1, 0.15) is 11.5 Å². The van der Waals surface area contributed by atoms with Crippen LogP contribution in [0.3, 0.4) is 0 Å². The van der Waals surface area contributed by atoms with Gasteiger partial charge in [-0.1, -0.05) is 28.1 Å². The average molecular weight is 1150 g/mol. The third kappa shape index (κ3) is 15.8. The Morgan fingerprint density at radius 3 is 1.22 bits per heavy atom. The predicted molar refractivity (Wildman–Crippen MR) is 245 cm³/mol. The Bertz CT molecular complexity index is 1570. The van der Waals surface area contributed by atoms with Crippen LogP contribution in [0.1, 0.15) is 18.1 Å². The molecule has 5 aromatic carbocycles. The fraction of sp³-hybridized carbons (Fsp3) is 0.231. The molecule has 0 saturated heterocycles. The number of methoxy groups -OCH3 is 2. The minimum atomic E-state index is -3.15. The predicted octanol–water partition coefficient (Wildman–Crippen LogP) is 12.3. The van der Waals surface area contributed by atoms with E-state index in [-0.39, 0.29) is 7.66 Å². The first-order valence-corrected chi connectivity index (χ1v) is 23.4. The Balaban J connectivity index is 0.000000265. The zero-order chi connectivity index (χ0) is 37.9. The summed E-state index contributed by atoms with van der Waals surface area (Å²) in [5.74, 6) is 1.70. The molecule has 0 aliphatic heterocycles. The maximum atomic E-state index is 9.87. The van der Waals surface area contributed by atoms with Crippen LogP contribution >= 0.6 is 119 Å². The van der Waals surface area contributed by atoms with E-state index in [1.165, 1.54) is 5.56 Å². The van der Waals surface area contributed by atoms with Crippen LogP contribution in [0.4, 0.5) is 0 Å². The summed E-state index contributed by atoms with van der Waals surface area (Å²) in [5, 5.41) is 13.1. The van der Waals surface area contributed by atoms with E-state index in [0.29, 0.717) is 6.42 Å². The van der Waals surface area contributed by atoms with Gasteiger partial charge in [0.15, 0.2) is 1.05 Å². The van der Waals surface area contributed by atoms with Gasteiger partial charge in [-0.25, -0.2) is 0 Å². The SMILES string of the molecule is BrC(Br)(Br)Br.COc1ccc(CCBr)cc1Br.COc1ccc(CCO)cc1Br.[2H]P(CC)(c1ccccc1)(c1ccccc1)c1ccccc1. The Hall–Kier alpha value is -0.550. The zero-order valence-corrected chi connectivity index (χ0v) is 40.0. The van der Waals surface area contributed by atoms with E-state index in [2.05, 4.69) is 167 Å². The van der Waals surface area contributed by atoms with Crippen molar-refractivity contribution in [3.63, 3.8) is 0 Å². The van der Waals surface area contributed by atoms with Crippen molar-refractivity contribution in [2.75, 3.05) is 32.3 Å². The molecule has 0 saturated carbocycles. The average Bonchev–Trinajstić information content (AvgIpc) is 3.13. The van der Waals surface area contributed by atoms with Crippen LogP contribution in [-0.4, -0.2) is 39.8 Å². The molecule has 50 heavy (non-hydrogen) atoms. The standard InChI is InChI=1S/C20H21P.C9H10Br2O.C9H11BrO2.CBr4/c1-2-21(18-12-6-3-7-13-18,19-14-8-4-9-15-19)20-16-10-5-11-17-20;1-12-9-3-2-7(4-5-10)6-8(9)11;1-12-9-3-2-7(4-5-11)6-8(9)10;2-1(3,4)5/h3-17,21H,2H2,1H3;2-3,6H,4-5H2,1H3;2-3,6,11H,4-5H2,1H3;/i21D;;;. The van der Waals surface area contributed by atoms with Crippen molar-refractivity contribution in [2.45, 2.75) is 20.8 Å². The summed E-state index contributed by atoms with van der Waals surface area (Å²) in [6.07, 6.45) is 2.52. The molecule has 0 spiro atoms.